The van der Waals surface area contributed by atoms with Gasteiger partial charge in [0.25, 0.3) is 5.91 Å². The zero-order valence-corrected chi connectivity index (χ0v) is 12.8. The number of halogens is 1. The van der Waals surface area contributed by atoms with E-state index in [9.17, 15) is 4.79 Å². The number of carbonyl (C=O) groups excluding carboxylic acids is 1. The standard InChI is InChI=1S/C17H17ClN2O2/c18-11-3-1-10(2-4-11)15-7-8-16(22-15)17(21)20-14-9-12-5-6-13(14)19-12/h1-4,7-8,12-14,19H,5-6,9H2,(H,20,21). The van der Waals surface area contributed by atoms with Crippen LogP contribution < -0.4 is 10.6 Å². The molecule has 1 amide bonds. The van der Waals surface area contributed by atoms with Crippen LogP contribution in [0.3, 0.4) is 0 Å². The zero-order chi connectivity index (χ0) is 15.1. The highest BCUT2D eigenvalue weighted by Gasteiger charge is 2.39. The predicted octanol–water partition coefficient (Wildman–Crippen LogP) is 3.22. The van der Waals surface area contributed by atoms with E-state index in [0.717, 1.165) is 18.4 Å². The lowest BCUT2D eigenvalue weighted by molar-refractivity contribution is 0.0903. The molecule has 4 rings (SSSR count). The first-order valence-electron chi connectivity index (χ1n) is 7.62. The molecule has 2 N–H and O–H groups in total. The highest BCUT2D eigenvalue weighted by molar-refractivity contribution is 6.30. The fourth-order valence-electron chi connectivity index (χ4n) is 3.45. The van der Waals surface area contributed by atoms with Crippen LogP contribution in [0.4, 0.5) is 0 Å². The normalized spacial score (nSPS) is 26.3. The minimum atomic E-state index is -0.139. The Labute approximate surface area is 133 Å². The summed E-state index contributed by atoms with van der Waals surface area (Å²) in [5.74, 6) is 0.889. The van der Waals surface area contributed by atoms with Crippen molar-refractivity contribution in [2.75, 3.05) is 0 Å². The number of rotatable bonds is 3. The van der Waals surface area contributed by atoms with Gasteiger partial charge in [-0.25, -0.2) is 0 Å². The minimum Gasteiger partial charge on any atom is -0.451 e. The van der Waals surface area contributed by atoms with E-state index in [1.165, 1.54) is 6.42 Å². The number of benzene rings is 1. The SMILES string of the molecule is O=C(NC1CC2CCC1N2)c1ccc(-c2ccc(Cl)cc2)o1. The average molecular weight is 317 g/mol. The molecule has 2 saturated heterocycles. The summed E-state index contributed by atoms with van der Waals surface area (Å²) in [4.78, 5) is 12.3. The van der Waals surface area contributed by atoms with Gasteiger partial charge < -0.3 is 15.1 Å². The van der Waals surface area contributed by atoms with Crippen LogP contribution in [-0.2, 0) is 0 Å². The lowest BCUT2D eigenvalue weighted by Gasteiger charge is -2.20. The molecular formula is C17H17ClN2O2. The first kappa shape index (κ1) is 13.9. The second kappa shape index (κ2) is 5.45. The first-order valence-corrected chi connectivity index (χ1v) is 7.99. The molecule has 114 valence electrons. The van der Waals surface area contributed by atoms with Gasteiger partial charge in [-0.2, -0.15) is 0 Å². The lowest BCUT2D eigenvalue weighted by atomic mass is 9.95. The molecule has 2 fully saturated rings. The molecule has 3 heterocycles. The number of fused-ring (bicyclic) bond motifs is 2. The largest absolute Gasteiger partial charge is 0.451 e. The maximum Gasteiger partial charge on any atom is 0.287 e. The Morgan fingerprint density at radius 3 is 2.68 bits per heavy atom. The van der Waals surface area contributed by atoms with Crippen molar-refractivity contribution in [3.05, 3.63) is 47.2 Å². The summed E-state index contributed by atoms with van der Waals surface area (Å²) < 4.78 is 5.69. The van der Waals surface area contributed by atoms with Crippen molar-refractivity contribution >= 4 is 17.5 Å². The van der Waals surface area contributed by atoms with Crippen LogP contribution in [-0.4, -0.2) is 24.0 Å². The Morgan fingerprint density at radius 2 is 2.00 bits per heavy atom. The average Bonchev–Trinajstić information content (AvgIpc) is 3.24. The van der Waals surface area contributed by atoms with E-state index < -0.39 is 0 Å². The van der Waals surface area contributed by atoms with E-state index in [2.05, 4.69) is 10.6 Å². The maximum absolute atomic E-state index is 12.3. The summed E-state index contributed by atoms with van der Waals surface area (Å²) in [6.45, 7) is 0. The van der Waals surface area contributed by atoms with Crippen LogP contribution in [0, 0.1) is 0 Å². The Balaban J connectivity index is 1.46. The highest BCUT2D eigenvalue weighted by Crippen LogP contribution is 2.29. The second-order valence-electron chi connectivity index (χ2n) is 6.03. The molecular weight excluding hydrogens is 300 g/mol. The summed E-state index contributed by atoms with van der Waals surface area (Å²) in [6.07, 6.45) is 3.38. The molecule has 1 aromatic carbocycles. The number of hydrogen-bond acceptors (Lipinski definition) is 3. The van der Waals surface area contributed by atoms with Gasteiger partial charge in [-0.05, 0) is 55.7 Å². The van der Waals surface area contributed by atoms with Crippen LogP contribution in [0.2, 0.25) is 5.02 Å². The Hall–Kier alpha value is -1.78. The van der Waals surface area contributed by atoms with Gasteiger partial charge in [-0.1, -0.05) is 11.6 Å². The molecule has 22 heavy (non-hydrogen) atoms. The summed E-state index contributed by atoms with van der Waals surface area (Å²) in [5, 5.41) is 7.28. The van der Waals surface area contributed by atoms with Crippen LogP contribution in [0.5, 0.6) is 0 Å². The highest BCUT2D eigenvalue weighted by atomic mass is 35.5. The van der Waals surface area contributed by atoms with Crippen molar-refractivity contribution in [3.63, 3.8) is 0 Å². The number of hydrogen-bond donors (Lipinski definition) is 2. The van der Waals surface area contributed by atoms with E-state index >= 15 is 0 Å². The quantitative estimate of drug-likeness (QED) is 0.914. The number of nitrogens with one attached hydrogen (secondary N) is 2. The van der Waals surface area contributed by atoms with Crippen molar-refractivity contribution < 1.29 is 9.21 Å². The molecule has 5 heteroatoms. The molecule has 3 unspecified atom stereocenters. The van der Waals surface area contributed by atoms with Crippen molar-refractivity contribution in [2.45, 2.75) is 37.4 Å². The molecule has 2 aliphatic rings. The van der Waals surface area contributed by atoms with E-state index in [-0.39, 0.29) is 11.9 Å². The molecule has 4 nitrogen and oxygen atoms in total. The van der Waals surface area contributed by atoms with Gasteiger partial charge >= 0.3 is 0 Å². The molecule has 0 radical (unpaired) electrons. The fraction of sp³-hybridized carbons (Fsp3) is 0.353. The van der Waals surface area contributed by atoms with Crippen LogP contribution in [0.25, 0.3) is 11.3 Å². The summed E-state index contributed by atoms with van der Waals surface area (Å²) in [6, 6.07) is 12.1. The van der Waals surface area contributed by atoms with Gasteiger partial charge in [-0.15, -0.1) is 0 Å². The third-order valence-electron chi connectivity index (χ3n) is 4.58. The van der Waals surface area contributed by atoms with E-state index in [4.69, 9.17) is 16.0 Å². The Bertz CT molecular complexity index is 695. The fourth-order valence-corrected chi connectivity index (χ4v) is 3.58. The van der Waals surface area contributed by atoms with Crippen LogP contribution >= 0.6 is 11.6 Å². The number of carbonyl (C=O) groups is 1. The van der Waals surface area contributed by atoms with Crippen molar-refractivity contribution in [1.82, 2.24) is 10.6 Å². The van der Waals surface area contributed by atoms with Crippen LogP contribution in [0.1, 0.15) is 29.8 Å². The molecule has 0 aliphatic carbocycles. The van der Waals surface area contributed by atoms with Gasteiger partial charge in [0.15, 0.2) is 5.76 Å². The topological polar surface area (TPSA) is 54.3 Å². The monoisotopic (exact) mass is 316 g/mol. The number of furan rings is 1. The summed E-state index contributed by atoms with van der Waals surface area (Å²) in [5.41, 5.74) is 0.907. The molecule has 2 aliphatic heterocycles. The van der Waals surface area contributed by atoms with Crippen molar-refractivity contribution in [1.29, 1.82) is 0 Å². The lowest BCUT2D eigenvalue weighted by Crippen LogP contribution is -2.42. The van der Waals surface area contributed by atoms with Gasteiger partial charge in [0.2, 0.25) is 0 Å². The first-order chi connectivity index (χ1) is 10.7. The van der Waals surface area contributed by atoms with Gasteiger partial charge in [0, 0.05) is 28.7 Å². The van der Waals surface area contributed by atoms with Crippen molar-refractivity contribution in [2.24, 2.45) is 0 Å². The second-order valence-corrected chi connectivity index (χ2v) is 6.47. The molecule has 3 atom stereocenters. The maximum atomic E-state index is 12.3. The predicted molar refractivity (Wildman–Crippen MR) is 85.0 cm³/mol. The summed E-state index contributed by atoms with van der Waals surface area (Å²) in [7, 11) is 0. The molecule has 2 aromatic rings. The molecule has 1 aromatic heterocycles. The van der Waals surface area contributed by atoms with Gasteiger partial charge in [0.1, 0.15) is 5.76 Å². The Morgan fingerprint density at radius 1 is 1.18 bits per heavy atom. The number of amides is 1. The van der Waals surface area contributed by atoms with Crippen LogP contribution in [0.15, 0.2) is 40.8 Å². The Kier molecular flexibility index (Phi) is 3.43. The van der Waals surface area contributed by atoms with Gasteiger partial charge in [0.05, 0.1) is 0 Å². The summed E-state index contributed by atoms with van der Waals surface area (Å²) >= 11 is 5.88. The van der Waals surface area contributed by atoms with Crippen molar-refractivity contribution in [3.8, 4) is 11.3 Å². The third kappa shape index (κ3) is 2.53. The molecule has 2 bridgehead atoms. The molecule has 0 saturated carbocycles. The van der Waals surface area contributed by atoms with E-state index in [1.54, 1.807) is 18.2 Å². The van der Waals surface area contributed by atoms with E-state index in [0.29, 0.717) is 28.6 Å². The van der Waals surface area contributed by atoms with E-state index in [1.807, 2.05) is 18.2 Å². The minimum absolute atomic E-state index is 0.139. The molecule has 0 spiro atoms. The smallest absolute Gasteiger partial charge is 0.287 e. The third-order valence-corrected chi connectivity index (χ3v) is 4.83. The van der Waals surface area contributed by atoms with Gasteiger partial charge in [-0.3, -0.25) is 4.79 Å². The zero-order valence-electron chi connectivity index (χ0n) is 12.0.